The summed E-state index contributed by atoms with van der Waals surface area (Å²) in [4.78, 5) is 9.12. The smallest absolute Gasteiger partial charge is 0.346 e. The fraction of sp³-hybridized carbons (Fsp3) is 0.900. The number of carboxylic acids is 1. The topological polar surface area (TPSA) is 57.5 Å². The first-order valence-electron chi connectivity index (χ1n) is 5.16. The van der Waals surface area contributed by atoms with Crippen molar-refractivity contribution in [3.8, 4) is 0 Å². The molecule has 1 unspecified atom stereocenters. The van der Waals surface area contributed by atoms with E-state index in [2.05, 4.69) is 6.92 Å². The third-order valence-corrected chi connectivity index (χ3v) is 3.59. The SMILES string of the molecule is CCCCCCSC(O)(CC)C(=O)O. The van der Waals surface area contributed by atoms with Gasteiger partial charge in [0.25, 0.3) is 0 Å². The van der Waals surface area contributed by atoms with Gasteiger partial charge in [0.1, 0.15) is 0 Å². The van der Waals surface area contributed by atoms with Crippen molar-refractivity contribution in [1.29, 1.82) is 0 Å². The van der Waals surface area contributed by atoms with E-state index in [-0.39, 0.29) is 6.42 Å². The van der Waals surface area contributed by atoms with Crippen LogP contribution in [0.4, 0.5) is 0 Å². The van der Waals surface area contributed by atoms with E-state index in [1.807, 2.05) is 0 Å². The monoisotopic (exact) mass is 220 g/mol. The van der Waals surface area contributed by atoms with Gasteiger partial charge in [-0.2, -0.15) is 0 Å². The Labute approximate surface area is 89.9 Å². The summed E-state index contributed by atoms with van der Waals surface area (Å²) in [6, 6.07) is 0. The summed E-state index contributed by atoms with van der Waals surface area (Å²) in [7, 11) is 0. The lowest BCUT2D eigenvalue weighted by atomic mass is 10.2. The number of aliphatic carboxylic acids is 1. The van der Waals surface area contributed by atoms with Gasteiger partial charge in [-0.05, 0) is 18.6 Å². The molecule has 0 aliphatic heterocycles. The Morgan fingerprint density at radius 1 is 1.29 bits per heavy atom. The molecular formula is C10H20O3S. The number of aliphatic hydroxyl groups is 1. The maximum Gasteiger partial charge on any atom is 0.346 e. The molecule has 0 heterocycles. The molecule has 0 fully saturated rings. The van der Waals surface area contributed by atoms with E-state index >= 15 is 0 Å². The van der Waals surface area contributed by atoms with Crippen LogP contribution in [0.25, 0.3) is 0 Å². The Bertz CT molecular complexity index is 173. The molecule has 0 aliphatic carbocycles. The van der Waals surface area contributed by atoms with Crippen molar-refractivity contribution in [1.82, 2.24) is 0 Å². The second-order valence-electron chi connectivity index (χ2n) is 3.35. The summed E-state index contributed by atoms with van der Waals surface area (Å²) in [5, 5.41) is 18.4. The normalized spacial score (nSPS) is 15.1. The van der Waals surface area contributed by atoms with Crippen LogP contribution in [0.1, 0.15) is 46.0 Å². The molecule has 0 saturated heterocycles. The van der Waals surface area contributed by atoms with E-state index in [1.165, 1.54) is 12.8 Å². The van der Waals surface area contributed by atoms with E-state index in [9.17, 15) is 9.90 Å². The molecule has 0 saturated carbocycles. The average Bonchev–Trinajstić information content (AvgIpc) is 2.17. The summed E-state index contributed by atoms with van der Waals surface area (Å²) in [6.45, 7) is 3.82. The maximum absolute atomic E-state index is 10.7. The molecule has 0 bridgehead atoms. The van der Waals surface area contributed by atoms with Gasteiger partial charge in [-0.3, -0.25) is 0 Å². The van der Waals surface area contributed by atoms with Crippen molar-refractivity contribution < 1.29 is 15.0 Å². The van der Waals surface area contributed by atoms with Crippen LogP contribution >= 0.6 is 11.8 Å². The zero-order chi connectivity index (χ0) is 11.0. The maximum atomic E-state index is 10.7. The zero-order valence-electron chi connectivity index (χ0n) is 8.95. The first kappa shape index (κ1) is 13.8. The molecule has 1 atom stereocenters. The van der Waals surface area contributed by atoms with Gasteiger partial charge in [0, 0.05) is 0 Å². The number of unbranched alkanes of at least 4 members (excludes halogenated alkanes) is 3. The number of hydrogen-bond acceptors (Lipinski definition) is 3. The number of hydrogen-bond donors (Lipinski definition) is 2. The molecule has 3 nitrogen and oxygen atoms in total. The summed E-state index contributed by atoms with van der Waals surface area (Å²) < 4.78 is 0. The molecule has 0 spiro atoms. The molecule has 0 aliphatic rings. The minimum absolute atomic E-state index is 0.251. The van der Waals surface area contributed by atoms with Crippen LogP contribution < -0.4 is 0 Å². The Balaban J connectivity index is 3.68. The van der Waals surface area contributed by atoms with E-state index in [1.54, 1.807) is 6.92 Å². The number of rotatable bonds is 8. The molecular weight excluding hydrogens is 200 g/mol. The highest BCUT2D eigenvalue weighted by Crippen LogP contribution is 2.27. The van der Waals surface area contributed by atoms with Crippen LogP contribution in [0, 0.1) is 0 Å². The van der Waals surface area contributed by atoms with Crippen molar-refractivity contribution in [3.63, 3.8) is 0 Å². The third-order valence-electron chi connectivity index (χ3n) is 2.15. The molecule has 0 aromatic carbocycles. The first-order valence-corrected chi connectivity index (χ1v) is 6.15. The molecule has 0 amide bonds. The van der Waals surface area contributed by atoms with Gasteiger partial charge in [-0.15, -0.1) is 11.8 Å². The summed E-state index contributed by atoms with van der Waals surface area (Å²) in [6.07, 6.45) is 4.69. The molecule has 2 N–H and O–H groups in total. The van der Waals surface area contributed by atoms with Gasteiger partial charge in [0.15, 0.2) is 0 Å². The molecule has 84 valence electrons. The largest absolute Gasteiger partial charge is 0.478 e. The van der Waals surface area contributed by atoms with Gasteiger partial charge in [0.05, 0.1) is 0 Å². The minimum Gasteiger partial charge on any atom is -0.478 e. The predicted octanol–water partition coefficient (Wildman–Crippen LogP) is 2.48. The first-order chi connectivity index (χ1) is 6.56. The summed E-state index contributed by atoms with van der Waals surface area (Å²) >= 11 is 1.14. The van der Waals surface area contributed by atoms with Crippen molar-refractivity contribution >= 4 is 17.7 Å². The molecule has 0 aromatic heterocycles. The number of carbonyl (C=O) groups is 1. The summed E-state index contributed by atoms with van der Waals surface area (Å²) in [5.41, 5.74) is 0. The van der Waals surface area contributed by atoms with Crippen LogP contribution in [-0.2, 0) is 4.79 Å². The standard InChI is InChI=1S/C10H20O3S/c1-3-5-6-7-8-14-10(13,4-2)9(11)12/h13H,3-8H2,1-2H3,(H,11,12). The van der Waals surface area contributed by atoms with Crippen LogP contribution in [0.3, 0.4) is 0 Å². The van der Waals surface area contributed by atoms with E-state index in [0.29, 0.717) is 0 Å². The zero-order valence-corrected chi connectivity index (χ0v) is 9.77. The molecule has 4 heteroatoms. The molecule has 0 aromatic rings. The van der Waals surface area contributed by atoms with Crippen molar-refractivity contribution in [2.24, 2.45) is 0 Å². The molecule has 0 radical (unpaired) electrons. The fourth-order valence-corrected chi connectivity index (χ4v) is 2.10. The highest BCUT2D eigenvalue weighted by Gasteiger charge is 2.33. The second-order valence-corrected chi connectivity index (χ2v) is 4.72. The Morgan fingerprint density at radius 3 is 2.36 bits per heavy atom. The van der Waals surface area contributed by atoms with Gasteiger partial charge in [0.2, 0.25) is 4.93 Å². The van der Waals surface area contributed by atoms with Gasteiger partial charge >= 0.3 is 5.97 Å². The van der Waals surface area contributed by atoms with Gasteiger partial charge in [-0.1, -0.05) is 33.1 Å². The molecule has 14 heavy (non-hydrogen) atoms. The Kier molecular flexibility index (Phi) is 7.01. The molecule has 0 rings (SSSR count). The highest BCUT2D eigenvalue weighted by molar-refractivity contribution is 8.01. The van der Waals surface area contributed by atoms with Crippen molar-refractivity contribution in [2.45, 2.75) is 50.9 Å². The van der Waals surface area contributed by atoms with E-state index in [4.69, 9.17) is 5.11 Å². The lowest BCUT2D eigenvalue weighted by molar-refractivity contribution is -0.149. The van der Waals surface area contributed by atoms with Crippen molar-refractivity contribution in [2.75, 3.05) is 5.75 Å². The van der Waals surface area contributed by atoms with Crippen LogP contribution in [0.15, 0.2) is 0 Å². The van der Waals surface area contributed by atoms with E-state index in [0.717, 1.165) is 30.4 Å². The number of carboxylic acid groups (broad SMARTS) is 1. The third kappa shape index (κ3) is 4.86. The minimum atomic E-state index is -1.58. The van der Waals surface area contributed by atoms with Crippen LogP contribution in [0.5, 0.6) is 0 Å². The van der Waals surface area contributed by atoms with Gasteiger partial charge < -0.3 is 10.2 Å². The van der Waals surface area contributed by atoms with E-state index < -0.39 is 10.9 Å². The lowest BCUT2D eigenvalue weighted by Crippen LogP contribution is -2.34. The van der Waals surface area contributed by atoms with Crippen LogP contribution in [0.2, 0.25) is 0 Å². The number of thioether (sulfide) groups is 1. The quantitative estimate of drug-likeness (QED) is 0.487. The van der Waals surface area contributed by atoms with Gasteiger partial charge in [-0.25, -0.2) is 4.79 Å². The highest BCUT2D eigenvalue weighted by atomic mass is 32.2. The van der Waals surface area contributed by atoms with Crippen LogP contribution in [-0.4, -0.2) is 26.9 Å². The second kappa shape index (κ2) is 7.12. The summed E-state index contributed by atoms with van der Waals surface area (Å²) in [5.74, 6) is -0.406. The lowest BCUT2D eigenvalue weighted by Gasteiger charge is -2.20. The predicted molar refractivity (Wildman–Crippen MR) is 59.5 cm³/mol. The Morgan fingerprint density at radius 2 is 1.93 bits per heavy atom. The Hall–Kier alpha value is -0.220. The fourth-order valence-electron chi connectivity index (χ4n) is 1.08. The van der Waals surface area contributed by atoms with Crippen molar-refractivity contribution in [3.05, 3.63) is 0 Å². The average molecular weight is 220 g/mol.